The summed E-state index contributed by atoms with van der Waals surface area (Å²) in [5.41, 5.74) is 3.06. The van der Waals surface area contributed by atoms with Gasteiger partial charge in [0.1, 0.15) is 0 Å². The van der Waals surface area contributed by atoms with Crippen molar-refractivity contribution in [2.24, 2.45) is 0 Å². The van der Waals surface area contributed by atoms with E-state index in [1.807, 2.05) is 36.4 Å². The van der Waals surface area contributed by atoms with Crippen LogP contribution >= 0.6 is 11.6 Å². The third-order valence-electron chi connectivity index (χ3n) is 5.92. The van der Waals surface area contributed by atoms with Crippen molar-refractivity contribution >= 4 is 49.7 Å². The molecule has 1 saturated heterocycles. The number of hydrogen-bond donors (Lipinski definition) is 1. The smallest absolute Gasteiger partial charge is 0.255 e. The molecule has 0 radical (unpaired) electrons. The molecular weight excluding hydrogens is 470 g/mol. The predicted octanol–water partition coefficient (Wildman–Crippen LogP) is 5.74. The number of anilines is 2. The Labute approximate surface area is 203 Å². The second-order valence-electron chi connectivity index (χ2n) is 8.17. The van der Waals surface area contributed by atoms with Crippen LogP contribution in [0, 0.1) is 0 Å². The van der Waals surface area contributed by atoms with Crippen molar-refractivity contribution in [2.45, 2.75) is 12.8 Å². The topological polar surface area (TPSA) is 79.4 Å². The summed E-state index contributed by atoms with van der Waals surface area (Å²) in [6, 6.07) is 21.8. The lowest BCUT2D eigenvalue weighted by molar-refractivity contribution is 0.102. The summed E-state index contributed by atoms with van der Waals surface area (Å²) in [7, 11) is -3.29. The van der Waals surface area contributed by atoms with E-state index < -0.39 is 10.0 Å². The number of rotatable bonds is 4. The first-order valence-electron chi connectivity index (χ1n) is 11.0. The fraction of sp³-hybridized carbons (Fsp3) is 0.154. The van der Waals surface area contributed by atoms with Crippen LogP contribution in [-0.4, -0.2) is 31.6 Å². The van der Waals surface area contributed by atoms with Crippen LogP contribution in [0.1, 0.15) is 23.2 Å². The molecule has 0 saturated carbocycles. The number of halogens is 1. The Kier molecular flexibility index (Phi) is 5.98. The van der Waals surface area contributed by atoms with E-state index in [4.69, 9.17) is 11.6 Å². The predicted molar refractivity (Wildman–Crippen MR) is 137 cm³/mol. The first-order valence-corrected chi connectivity index (χ1v) is 13.0. The van der Waals surface area contributed by atoms with Gasteiger partial charge in [-0.2, -0.15) is 0 Å². The number of sulfonamides is 1. The summed E-state index contributed by atoms with van der Waals surface area (Å²) >= 11 is 6.49. The Morgan fingerprint density at radius 3 is 2.56 bits per heavy atom. The van der Waals surface area contributed by atoms with Gasteiger partial charge in [-0.05, 0) is 66.8 Å². The van der Waals surface area contributed by atoms with E-state index in [1.165, 1.54) is 4.31 Å². The molecule has 1 aliphatic rings. The van der Waals surface area contributed by atoms with Crippen LogP contribution in [0.4, 0.5) is 11.4 Å². The van der Waals surface area contributed by atoms with Gasteiger partial charge in [0.25, 0.3) is 5.91 Å². The number of amides is 1. The maximum absolute atomic E-state index is 12.9. The average Bonchev–Trinajstić information content (AvgIpc) is 2.85. The Hall–Kier alpha value is -3.42. The van der Waals surface area contributed by atoms with Gasteiger partial charge in [-0.25, -0.2) is 8.42 Å². The molecule has 1 N–H and O–H groups in total. The first kappa shape index (κ1) is 22.4. The number of aromatic nitrogens is 1. The van der Waals surface area contributed by atoms with Gasteiger partial charge >= 0.3 is 0 Å². The van der Waals surface area contributed by atoms with E-state index in [-0.39, 0.29) is 11.7 Å². The zero-order valence-corrected chi connectivity index (χ0v) is 19.8. The summed E-state index contributed by atoms with van der Waals surface area (Å²) in [6.45, 7) is 0.462. The van der Waals surface area contributed by atoms with Gasteiger partial charge in [-0.15, -0.1) is 0 Å². The van der Waals surface area contributed by atoms with Crippen molar-refractivity contribution in [3.05, 3.63) is 89.6 Å². The largest absolute Gasteiger partial charge is 0.322 e. The Morgan fingerprint density at radius 1 is 0.971 bits per heavy atom. The Morgan fingerprint density at radius 2 is 1.76 bits per heavy atom. The quantitative estimate of drug-likeness (QED) is 0.395. The fourth-order valence-corrected chi connectivity index (χ4v) is 6.03. The lowest BCUT2D eigenvalue weighted by atomic mass is 10.0. The molecule has 0 spiro atoms. The molecule has 1 fully saturated rings. The zero-order valence-electron chi connectivity index (χ0n) is 18.2. The fourth-order valence-electron chi connectivity index (χ4n) is 4.18. The molecule has 34 heavy (non-hydrogen) atoms. The molecule has 0 bridgehead atoms. The molecule has 3 aromatic carbocycles. The van der Waals surface area contributed by atoms with Gasteiger partial charge in [-0.3, -0.25) is 14.1 Å². The number of carbonyl (C=O) groups is 1. The van der Waals surface area contributed by atoms with Crippen molar-refractivity contribution in [1.82, 2.24) is 4.98 Å². The summed E-state index contributed by atoms with van der Waals surface area (Å²) in [6.07, 6.45) is 3.24. The van der Waals surface area contributed by atoms with Crippen LogP contribution in [0.3, 0.4) is 0 Å². The van der Waals surface area contributed by atoms with E-state index in [0.29, 0.717) is 34.9 Å². The van der Waals surface area contributed by atoms with Gasteiger partial charge < -0.3 is 5.32 Å². The highest BCUT2D eigenvalue weighted by atomic mass is 35.5. The number of nitrogens with one attached hydrogen (secondary N) is 1. The summed E-state index contributed by atoms with van der Waals surface area (Å²) in [4.78, 5) is 17.4. The highest BCUT2D eigenvalue weighted by Crippen LogP contribution is 2.34. The number of benzene rings is 3. The van der Waals surface area contributed by atoms with Crippen molar-refractivity contribution in [3.63, 3.8) is 0 Å². The number of hydrogen-bond acceptors (Lipinski definition) is 4. The van der Waals surface area contributed by atoms with Crippen LogP contribution in [-0.2, 0) is 10.0 Å². The standard InChI is InChI=1S/C26H22ClN3O3S/c27-24-12-9-20(17-23(24)25-22-6-2-1-5-18(22)13-14-28-25)29-26(31)19-7-10-21(11-8-19)30-15-3-4-16-34(30,32)33/h1-2,5-14,17H,3-4,15-16H2,(H,29,31). The van der Waals surface area contributed by atoms with Gasteiger partial charge in [0.2, 0.25) is 10.0 Å². The van der Waals surface area contributed by atoms with E-state index in [2.05, 4.69) is 10.3 Å². The molecule has 5 rings (SSSR count). The molecule has 1 aliphatic heterocycles. The number of nitrogens with zero attached hydrogens (tertiary/aromatic N) is 2. The first-order chi connectivity index (χ1) is 16.4. The van der Waals surface area contributed by atoms with Crippen molar-refractivity contribution in [3.8, 4) is 11.3 Å². The van der Waals surface area contributed by atoms with Gasteiger partial charge in [0, 0.05) is 34.9 Å². The molecule has 0 atom stereocenters. The molecular formula is C26H22ClN3O3S. The zero-order chi connectivity index (χ0) is 23.7. The second-order valence-corrected chi connectivity index (χ2v) is 10.6. The van der Waals surface area contributed by atoms with E-state index in [1.54, 1.807) is 42.6 Å². The Balaban J connectivity index is 1.39. The molecule has 8 heteroatoms. The van der Waals surface area contributed by atoms with Crippen LogP contribution in [0.15, 0.2) is 79.0 Å². The summed E-state index contributed by atoms with van der Waals surface area (Å²) < 4.78 is 26.1. The molecule has 1 amide bonds. The lowest BCUT2D eigenvalue weighted by Crippen LogP contribution is -2.37. The highest BCUT2D eigenvalue weighted by molar-refractivity contribution is 7.92. The van der Waals surface area contributed by atoms with Gasteiger partial charge in [0.05, 0.1) is 22.2 Å². The summed E-state index contributed by atoms with van der Waals surface area (Å²) in [5, 5.41) is 5.46. The molecule has 2 heterocycles. The van der Waals surface area contributed by atoms with Gasteiger partial charge in [-0.1, -0.05) is 35.9 Å². The third kappa shape index (κ3) is 4.36. The molecule has 1 aromatic heterocycles. The minimum atomic E-state index is -3.29. The Bertz CT molecular complexity index is 1480. The lowest BCUT2D eigenvalue weighted by Gasteiger charge is -2.28. The van der Waals surface area contributed by atoms with Crippen LogP contribution in [0.2, 0.25) is 5.02 Å². The van der Waals surface area contributed by atoms with E-state index in [9.17, 15) is 13.2 Å². The van der Waals surface area contributed by atoms with Crippen LogP contribution in [0.25, 0.3) is 22.0 Å². The SMILES string of the molecule is O=C(Nc1ccc(Cl)c(-c2nccc3ccccc23)c1)c1ccc(N2CCCCS2(=O)=O)cc1. The molecule has 0 unspecified atom stereocenters. The highest BCUT2D eigenvalue weighted by Gasteiger charge is 2.26. The monoisotopic (exact) mass is 491 g/mol. The maximum Gasteiger partial charge on any atom is 0.255 e. The number of pyridine rings is 1. The van der Waals surface area contributed by atoms with Crippen molar-refractivity contribution < 1.29 is 13.2 Å². The minimum absolute atomic E-state index is 0.152. The molecule has 4 aromatic rings. The van der Waals surface area contributed by atoms with Gasteiger partial charge in [0.15, 0.2) is 0 Å². The molecule has 0 aliphatic carbocycles. The van der Waals surface area contributed by atoms with Crippen LogP contribution < -0.4 is 9.62 Å². The average molecular weight is 492 g/mol. The van der Waals surface area contributed by atoms with E-state index in [0.717, 1.165) is 28.5 Å². The maximum atomic E-state index is 12.9. The van der Waals surface area contributed by atoms with Crippen molar-refractivity contribution in [1.29, 1.82) is 0 Å². The molecule has 6 nitrogen and oxygen atoms in total. The third-order valence-corrected chi connectivity index (χ3v) is 8.12. The minimum Gasteiger partial charge on any atom is -0.322 e. The van der Waals surface area contributed by atoms with Crippen LogP contribution in [0.5, 0.6) is 0 Å². The normalized spacial score (nSPS) is 15.3. The number of carbonyl (C=O) groups excluding carboxylic acids is 1. The van der Waals surface area contributed by atoms with Crippen molar-refractivity contribution in [2.75, 3.05) is 21.9 Å². The second kappa shape index (κ2) is 9.08. The van der Waals surface area contributed by atoms with E-state index >= 15 is 0 Å². The molecule has 172 valence electrons. The summed E-state index contributed by atoms with van der Waals surface area (Å²) in [5.74, 6) is -0.146. The number of fused-ring (bicyclic) bond motifs is 1.